The lowest BCUT2D eigenvalue weighted by Gasteiger charge is -2.17. The zero-order valence-corrected chi connectivity index (χ0v) is 14.7. The van der Waals surface area contributed by atoms with Gasteiger partial charge in [0.1, 0.15) is 5.58 Å². The Labute approximate surface area is 145 Å². The third kappa shape index (κ3) is 3.97. The lowest BCUT2D eigenvalue weighted by molar-refractivity contribution is -0.122. The number of rotatable bonds is 6. The van der Waals surface area contributed by atoms with E-state index in [1.165, 1.54) is 6.07 Å². The van der Waals surface area contributed by atoms with Crippen LogP contribution in [-0.2, 0) is 17.8 Å². The topological polar surface area (TPSA) is 62.6 Å². The summed E-state index contributed by atoms with van der Waals surface area (Å²) in [5, 5.41) is 4.43. The molecule has 1 aliphatic rings. The Morgan fingerprint density at radius 3 is 2.75 bits per heavy atom. The van der Waals surface area contributed by atoms with Crippen molar-refractivity contribution in [2.24, 2.45) is 0 Å². The van der Waals surface area contributed by atoms with Crippen molar-refractivity contribution >= 4 is 28.5 Å². The van der Waals surface area contributed by atoms with Crippen molar-refractivity contribution in [3.8, 4) is 0 Å². The summed E-state index contributed by atoms with van der Waals surface area (Å²) in [6.45, 7) is 2.77. The van der Waals surface area contributed by atoms with Crippen LogP contribution in [-0.4, -0.2) is 30.4 Å². The van der Waals surface area contributed by atoms with Crippen LogP contribution in [0.25, 0.3) is 11.0 Å². The van der Waals surface area contributed by atoms with E-state index < -0.39 is 5.63 Å². The van der Waals surface area contributed by atoms with Gasteiger partial charge in [-0.05, 0) is 49.6 Å². The van der Waals surface area contributed by atoms with E-state index in [9.17, 15) is 9.59 Å². The monoisotopic (exact) mass is 348 g/mol. The minimum atomic E-state index is -0.391. The number of benzene rings is 1. The van der Waals surface area contributed by atoms with Gasteiger partial charge < -0.3 is 9.73 Å². The van der Waals surface area contributed by atoms with E-state index in [1.807, 2.05) is 31.0 Å². The van der Waals surface area contributed by atoms with Gasteiger partial charge in [0, 0.05) is 29.1 Å². The minimum Gasteiger partial charge on any atom is -0.423 e. The van der Waals surface area contributed by atoms with Crippen molar-refractivity contribution in [1.82, 2.24) is 10.2 Å². The number of nitrogens with one attached hydrogen (secondary N) is 1. The molecule has 1 fully saturated rings. The molecular weight excluding hydrogens is 328 g/mol. The van der Waals surface area contributed by atoms with Gasteiger partial charge in [0.2, 0.25) is 5.91 Å². The largest absolute Gasteiger partial charge is 0.423 e. The van der Waals surface area contributed by atoms with Crippen LogP contribution in [0.4, 0.5) is 0 Å². The predicted molar refractivity (Wildman–Crippen MR) is 94.4 cm³/mol. The number of fused-ring (bicyclic) bond motifs is 1. The van der Waals surface area contributed by atoms with Crippen molar-refractivity contribution < 1.29 is 9.21 Å². The molecule has 1 aliphatic carbocycles. The van der Waals surface area contributed by atoms with Crippen LogP contribution in [0.1, 0.15) is 30.9 Å². The van der Waals surface area contributed by atoms with Gasteiger partial charge in [-0.2, -0.15) is 0 Å². The summed E-state index contributed by atoms with van der Waals surface area (Å²) in [5.74, 6) is 0.0126. The number of amides is 1. The van der Waals surface area contributed by atoms with E-state index >= 15 is 0 Å². The maximum Gasteiger partial charge on any atom is 0.336 e. The first-order chi connectivity index (χ1) is 11.5. The second kappa shape index (κ2) is 6.95. The molecule has 0 bridgehead atoms. The molecule has 1 aromatic heterocycles. The molecule has 2 aromatic rings. The quantitative estimate of drug-likeness (QED) is 0.815. The molecule has 1 amide bonds. The van der Waals surface area contributed by atoms with Crippen molar-refractivity contribution in [3.05, 3.63) is 44.8 Å². The van der Waals surface area contributed by atoms with E-state index in [1.54, 1.807) is 0 Å². The summed E-state index contributed by atoms with van der Waals surface area (Å²) in [6, 6.07) is 5.48. The lowest BCUT2D eigenvalue weighted by Crippen LogP contribution is -2.36. The smallest absolute Gasteiger partial charge is 0.336 e. The maximum atomic E-state index is 11.9. The van der Waals surface area contributed by atoms with Gasteiger partial charge in [0.05, 0.1) is 6.54 Å². The van der Waals surface area contributed by atoms with Crippen LogP contribution in [0.5, 0.6) is 0 Å². The molecule has 5 nitrogen and oxygen atoms in total. The molecule has 0 spiro atoms. The number of carbonyl (C=O) groups is 1. The average Bonchev–Trinajstić information content (AvgIpc) is 3.30. The van der Waals surface area contributed by atoms with E-state index in [4.69, 9.17) is 16.0 Å². The molecule has 0 saturated heterocycles. The summed E-state index contributed by atoms with van der Waals surface area (Å²) in [5.41, 5.74) is 1.90. The third-order valence-electron chi connectivity index (χ3n) is 4.17. The zero-order valence-electron chi connectivity index (χ0n) is 13.9. The first kappa shape index (κ1) is 17.0. The molecule has 1 aromatic carbocycles. The summed E-state index contributed by atoms with van der Waals surface area (Å²) >= 11 is 6.30. The van der Waals surface area contributed by atoms with E-state index in [-0.39, 0.29) is 5.91 Å². The van der Waals surface area contributed by atoms with Crippen molar-refractivity contribution in [2.45, 2.75) is 38.8 Å². The minimum absolute atomic E-state index is 0.0126. The standard InChI is InChI=1S/C18H21ClN2O3/c1-3-11-6-16-14(8-15(11)19)12(7-18(23)24-16)9-21(2)10-17(22)20-13-4-5-13/h6-8,13H,3-5,9-10H2,1-2H3,(H,20,22). The van der Waals surface area contributed by atoms with Crippen LogP contribution in [0.2, 0.25) is 5.02 Å². The molecule has 1 saturated carbocycles. The number of likely N-dealkylation sites (N-methyl/N-ethyl adjacent to an activating group) is 1. The first-order valence-corrected chi connectivity index (χ1v) is 8.57. The molecule has 1 heterocycles. The number of carbonyl (C=O) groups excluding carboxylic acids is 1. The van der Waals surface area contributed by atoms with Gasteiger partial charge in [-0.25, -0.2) is 4.79 Å². The van der Waals surface area contributed by atoms with Crippen LogP contribution < -0.4 is 10.9 Å². The molecule has 24 heavy (non-hydrogen) atoms. The Morgan fingerprint density at radius 1 is 1.33 bits per heavy atom. The molecule has 1 N–H and O–H groups in total. The lowest BCUT2D eigenvalue weighted by atomic mass is 10.1. The Balaban J connectivity index is 1.83. The number of halogens is 1. The van der Waals surface area contributed by atoms with E-state index in [2.05, 4.69) is 5.32 Å². The average molecular weight is 349 g/mol. The Kier molecular flexibility index (Phi) is 4.92. The molecule has 128 valence electrons. The first-order valence-electron chi connectivity index (χ1n) is 8.19. The fraction of sp³-hybridized carbons (Fsp3) is 0.444. The molecular formula is C18H21ClN2O3. The zero-order chi connectivity index (χ0) is 17.3. The normalized spacial score (nSPS) is 14.3. The molecule has 3 rings (SSSR count). The second-order valence-electron chi connectivity index (χ2n) is 6.40. The van der Waals surface area contributed by atoms with Crippen molar-refractivity contribution in [2.75, 3.05) is 13.6 Å². The number of hydrogen-bond acceptors (Lipinski definition) is 4. The third-order valence-corrected chi connectivity index (χ3v) is 4.53. The number of nitrogens with zero attached hydrogens (tertiary/aromatic N) is 1. The van der Waals surface area contributed by atoms with E-state index in [0.717, 1.165) is 35.8 Å². The molecule has 6 heteroatoms. The highest BCUT2D eigenvalue weighted by atomic mass is 35.5. The van der Waals surface area contributed by atoms with Crippen LogP contribution in [0, 0.1) is 0 Å². The maximum absolute atomic E-state index is 11.9. The summed E-state index contributed by atoms with van der Waals surface area (Å²) in [4.78, 5) is 25.6. The highest BCUT2D eigenvalue weighted by Crippen LogP contribution is 2.26. The van der Waals surface area contributed by atoms with Gasteiger partial charge in [-0.1, -0.05) is 18.5 Å². The van der Waals surface area contributed by atoms with Crippen LogP contribution in [0.3, 0.4) is 0 Å². The van der Waals surface area contributed by atoms with Crippen molar-refractivity contribution in [1.29, 1.82) is 0 Å². The summed E-state index contributed by atoms with van der Waals surface area (Å²) in [7, 11) is 1.86. The number of hydrogen-bond donors (Lipinski definition) is 1. The Bertz CT molecular complexity index is 827. The summed E-state index contributed by atoms with van der Waals surface area (Å²) < 4.78 is 5.31. The Morgan fingerprint density at radius 2 is 2.08 bits per heavy atom. The van der Waals surface area contributed by atoms with E-state index in [0.29, 0.717) is 29.7 Å². The molecule has 0 unspecified atom stereocenters. The fourth-order valence-corrected chi connectivity index (χ4v) is 3.08. The van der Waals surface area contributed by atoms with Gasteiger partial charge in [-0.3, -0.25) is 9.69 Å². The molecule has 0 radical (unpaired) electrons. The van der Waals surface area contributed by atoms with Crippen LogP contribution in [0.15, 0.2) is 27.4 Å². The highest BCUT2D eigenvalue weighted by molar-refractivity contribution is 6.32. The Hall–Kier alpha value is -1.85. The van der Waals surface area contributed by atoms with Gasteiger partial charge in [0.25, 0.3) is 0 Å². The van der Waals surface area contributed by atoms with Crippen molar-refractivity contribution in [3.63, 3.8) is 0 Å². The van der Waals surface area contributed by atoms with Gasteiger partial charge in [-0.15, -0.1) is 0 Å². The number of aryl methyl sites for hydroxylation is 1. The van der Waals surface area contributed by atoms with Gasteiger partial charge in [0.15, 0.2) is 0 Å². The molecule has 0 aliphatic heterocycles. The fourth-order valence-electron chi connectivity index (χ4n) is 2.78. The summed E-state index contributed by atoms with van der Waals surface area (Å²) in [6.07, 6.45) is 2.90. The SMILES string of the molecule is CCc1cc2oc(=O)cc(CN(C)CC(=O)NC3CC3)c2cc1Cl. The molecule has 0 atom stereocenters. The highest BCUT2D eigenvalue weighted by Gasteiger charge is 2.23. The van der Waals surface area contributed by atoms with Crippen LogP contribution >= 0.6 is 11.6 Å². The predicted octanol–water partition coefficient (Wildman–Crippen LogP) is 2.72. The van der Waals surface area contributed by atoms with Gasteiger partial charge >= 0.3 is 5.63 Å². The second-order valence-corrected chi connectivity index (χ2v) is 6.81.